The molecule has 0 bridgehead atoms. The van der Waals surface area contributed by atoms with Gasteiger partial charge in [0, 0.05) is 37.3 Å². The van der Waals surface area contributed by atoms with E-state index in [4.69, 9.17) is 9.47 Å². The second-order valence-corrected chi connectivity index (χ2v) is 6.62. The van der Waals surface area contributed by atoms with Gasteiger partial charge in [0.25, 0.3) is 0 Å². The number of rotatable bonds is 6. The summed E-state index contributed by atoms with van der Waals surface area (Å²) in [5.41, 5.74) is 0.800. The predicted molar refractivity (Wildman–Crippen MR) is 104 cm³/mol. The van der Waals surface area contributed by atoms with Crippen LogP contribution < -0.4 is 19.3 Å². The number of carbonyl (C=O) groups excluding carboxylic acids is 2. The zero-order chi connectivity index (χ0) is 21.1. The molecule has 0 saturated carbocycles. The first-order valence-electron chi connectivity index (χ1n) is 9.18. The van der Waals surface area contributed by atoms with Gasteiger partial charge in [-0.25, -0.2) is 8.78 Å². The smallest absolute Gasteiger partial charge is 0.232 e. The molecule has 1 unspecified atom stereocenters. The summed E-state index contributed by atoms with van der Waals surface area (Å²) in [5.74, 6) is -2.11. The van der Waals surface area contributed by atoms with Crippen LogP contribution in [0.2, 0.25) is 0 Å². The molecule has 1 atom stereocenters. The Kier molecular flexibility index (Phi) is 6.00. The molecule has 1 fully saturated rings. The van der Waals surface area contributed by atoms with Gasteiger partial charge in [0.05, 0.1) is 25.8 Å². The number of ether oxygens (including phenoxy) is 2. The van der Waals surface area contributed by atoms with E-state index in [9.17, 15) is 18.4 Å². The van der Waals surface area contributed by atoms with E-state index in [0.717, 1.165) is 12.1 Å². The molecule has 2 aromatic carbocycles. The van der Waals surface area contributed by atoms with Crippen molar-refractivity contribution in [2.75, 3.05) is 37.1 Å². The second-order valence-electron chi connectivity index (χ2n) is 6.62. The molecule has 154 valence electrons. The average Bonchev–Trinajstić information content (AvgIpc) is 3.11. The lowest BCUT2D eigenvalue weighted by Gasteiger charge is -2.25. The van der Waals surface area contributed by atoms with Crippen LogP contribution in [0.4, 0.5) is 20.2 Å². The Balaban J connectivity index is 1.83. The zero-order valence-electron chi connectivity index (χ0n) is 16.4. The van der Waals surface area contributed by atoms with Crippen molar-refractivity contribution >= 4 is 23.2 Å². The SMILES string of the molecule is CCN(C(=O)C1CC(=O)N(c2ccc(OC)cc2OC)C1)c1ccc(F)c(F)c1. The zero-order valence-corrected chi connectivity index (χ0v) is 16.4. The first-order chi connectivity index (χ1) is 13.9. The third-order valence-electron chi connectivity index (χ3n) is 4.95. The molecule has 2 amide bonds. The topological polar surface area (TPSA) is 59.1 Å². The van der Waals surface area contributed by atoms with Crippen molar-refractivity contribution in [3.8, 4) is 11.5 Å². The first kappa shape index (κ1) is 20.6. The van der Waals surface area contributed by atoms with E-state index in [1.807, 2.05) is 0 Å². The molecule has 8 heteroatoms. The van der Waals surface area contributed by atoms with Gasteiger partial charge < -0.3 is 19.3 Å². The van der Waals surface area contributed by atoms with Crippen LogP contribution in [0.25, 0.3) is 0 Å². The van der Waals surface area contributed by atoms with Gasteiger partial charge in [0.2, 0.25) is 11.8 Å². The molecule has 0 spiro atoms. The highest BCUT2D eigenvalue weighted by Crippen LogP contribution is 2.36. The van der Waals surface area contributed by atoms with Crippen LogP contribution in [0.5, 0.6) is 11.5 Å². The Morgan fingerprint density at radius 1 is 1.14 bits per heavy atom. The number of hydrogen-bond acceptors (Lipinski definition) is 4. The maximum absolute atomic E-state index is 13.6. The molecule has 3 rings (SSSR count). The van der Waals surface area contributed by atoms with E-state index >= 15 is 0 Å². The summed E-state index contributed by atoms with van der Waals surface area (Å²) >= 11 is 0. The van der Waals surface area contributed by atoms with Crippen LogP contribution in [-0.2, 0) is 9.59 Å². The third-order valence-corrected chi connectivity index (χ3v) is 4.95. The van der Waals surface area contributed by atoms with Crippen molar-refractivity contribution in [2.24, 2.45) is 5.92 Å². The molecule has 2 aromatic rings. The Labute approximate surface area is 167 Å². The lowest BCUT2D eigenvalue weighted by molar-refractivity contribution is -0.124. The summed E-state index contributed by atoms with van der Waals surface area (Å²) in [6.07, 6.45) is 0.0220. The van der Waals surface area contributed by atoms with E-state index in [1.165, 1.54) is 30.1 Å². The number of halogens is 2. The molecule has 6 nitrogen and oxygen atoms in total. The maximum Gasteiger partial charge on any atom is 0.232 e. The van der Waals surface area contributed by atoms with Gasteiger partial charge in [0.15, 0.2) is 11.6 Å². The van der Waals surface area contributed by atoms with Crippen molar-refractivity contribution in [2.45, 2.75) is 13.3 Å². The molecule has 1 saturated heterocycles. The minimum Gasteiger partial charge on any atom is -0.497 e. The monoisotopic (exact) mass is 404 g/mol. The number of amides is 2. The molecule has 1 aliphatic heterocycles. The third kappa shape index (κ3) is 4.01. The normalized spacial score (nSPS) is 16.1. The lowest BCUT2D eigenvalue weighted by Crippen LogP contribution is -2.37. The van der Waals surface area contributed by atoms with Crippen molar-refractivity contribution in [3.05, 3.63) is 48.0 Å². The minimum absolute atomic E-state index is 0.0220. The summed E-state index contributed by atoms with van der Waals surface area (Å²) in [6.45, 7) is 2.17. The summed E-state index contributed by atoms with van der Waals surface area (Å²) < 4.78 is 37.4. The number of carbonyl (C=O) groups is 2. The Morgan fingerprint density at radius 3 is 2.52 bits per heavy atom. The largest absolute Gasteiger partial charge is 0.497 e. The Hall–Kier alpha value is -3.16. The average molecular weight is 404 g/mol. The van der Waals surface area contributed by atoms with E-state index in [1.54, 1.807) is 25.1 Å². The highest BCUT2D eigenvalue weighted by Gasteiger charge is 2.38. The molecular formula is C21H22F2N2O4. The maximum atomic E-state index is 13.6. The summed E-state index contributed by atoms with van der Waals surface area (Å²) in [6, 6.07) is 8.39. The fourth-order valence-electron chi connectivity index (χ4n) is 3.45. The highest BCUT2D eigenvalue weighted by molar-refractivity contribution is 6.05. The number of nitrogens with zero attached hydrogens (tertiary/aromatic N) is 2. The Morgan fingerprint density at radius 2 is 1.90 bits per heavy atom. The lowest BCUT2D eigenvalue weighted by atomic mass is 10.1. The van der Waals surface area contributed by atoms with Gasteiger partial charge in [0.1, 0.15) is 11.5 Å². The second kappa shape index (κ2) is 8.46. The number of hydrogen-bond donors (Lipinski definition) is 0. The highest BCUT2D eigenvalue weighted by atomic mass is 19.2. The number of anilines is 2. The van der Waals surface area contributed by atoms with Crippen molar-refractivity contribution < 1.29 is 27.8 Å². The van der Waals surface area contributed by atoms with Crippen molar-refractivity contribution in [1.29, 1.82) is 0 Å². The molecule has 0 aliphatic carbocycles. The molecule has 0 radical (unpaired) electrons. The van der Waals surface area contributed by atoms with Crippen LogP contribution in [0.1, 0.15) is 13.3 Å². The molecular weight excluding hydrogens is 382 g/mol. The summed E-state index contributed by atoms with van der Waals surface area (Å²) in [4.78, 5) is 28.5. The molecule has 29 heavy (non-hydrogen) atoms. The van der Waals surface area contributed by atoms with Crippen LogP contribution in [0.15, 0.2) is 36.4 Å². The Bertz CT molecular complexity index is 935. The fourth-order valence-corrected chi connectivity index (χ4v) is 3.45. The van der Waals surface area contributed by atoms with Gasteiger partial charge in [-0.1, -0.05) is 0 Å². The number of methoxy groups -OCH3 is 2. The van der Waals surface area contributed by atoms with E-state index in [0.29, 0.717) is 17.2 Å². The first-order valence-corrected chi connectivity index (χ1v) is 9.18. The minimum atomic E-state index is -1.03. The van der Waals surface area contributed by atoms with Crippen LogP contribution >= 0.6 is 0 Å². The van der Waals surface area contributed by atoms with Crippen LogP contribution in [0.3, 0.4) is 0 Å². The summed E-state index contributed by atoms with van der Waals surface area (Å²) in [7, 11) is 3.02. The molecule has 1 aliphatic rings. The quantitative estimate of drug-likeness (QED) is 0.741. The van der Waals surface area contributed by atoms with Gasteiger partial charge in [-0.15, -0.1) is 0 Å². The summed E-state index contributed by atoms with van der Waals surface area (Å²) in [5, 5.41) is 0. The predicted octanol–water partition coefficient (Wildman–Crippen LogP) is 3.39. The van der Waals surface area contributed by atoms with Crippen LogP contribution in [-0.4, -0.2) is 39.1 Å². The van der Waals surface area contributed by atoms with Gasteiger partial charge in [-0.2, -0.15) is 0 Å². The van der Waals surface area contributed by atoms with E-state index in [-0.39, 0.29) is 37.0 Å². The fraction of sp³-hybridized carbons (Fsp3) is 0.333. The van der Waals surface area contributed by atoms with Crippen molar-refractivity contribution in [3.63, 3.8) is 0 Å². The molecule has 0 aromatic heterocycles. The van der Waals surface area contributed by atoms with Gasteiger partial charge >= 0.3 is 0 Å². The van der Waals surface area contributed by atoms with Gasteiger partial charge in [-0.05, 0) is 31.2 Å². The number of benzene rings is 2. The van der Waals surface area contributed by atoms with E-state index in [2.05, 4.69) is 0 Å². The van der Waals surface area contributed by atoms with Crippen LogP contribution in [0, 0.1) is 17.6 Å². The van der Waals surface area contributed by atoms with E-state index < -0.39 is 17.6 Å². The van der Waals surface area contributed by atoms with Gasteiger partial charge in [-0.3, -0.25) is 9.59 Å². The van der Waals surface area contributed by atoms with Crippen molar-refractivity contribution in [1.82, 2.24) is 0 Å². The standard InChI is InChI=1S/C21H22F2N2O4/c1-4-24(14-5-7-16(22)17(23)10-14)21(27)13-9-20(26)25(12-13)18-8-6-15(28-2)11-19(18)29-3/h5-8,10-11,13H,4,9,12H2,1-3H3. The molecule has 0 N–H and O–H groups in total. The molecule has 1 heterocycles.